The van der Waals surface area contributed by atoms with E-state index >= 15 is 0 Å². The molecule has 2 rings (SSSR count). The average molecular weight is 330 g/mol. The Hall–Kier alpha value is -2.53. The molecule has 120 valence electrons. The van der Waals surface area contributed by atoms with Gasteiger partial charge in [-0.3, -0.25) is 0 Å². The topological polar surface area (TPSA) is 74.6 Å². The van der Waals surface area contributed by atoms with Gasteiger partial charge in [-0.1, -0.05) is 24.3 Å². The zero-order chi connectivity index (χ0) is 17.0. The van der Waals surface area contributed by atoms with Crippen molar-refractivity contribution in [2.24, 2.45) is 0 Å². The van der Waals surface area contributed by atoms with Crippen LogP contribution in [0.1, 0.15) is 25.0 Å². The van der Waals surface area contributed by atoms with Crippen LogP contribution in [0, 0.1) is 0 Å². The van der Waals surface area contributed by atoms with Crippen LogP contribution < -0.4 is 0 Å². The number of hydrogen-bond acceptors (Lipinski definition) is 4. The van der Waals surface area contributed by atoms with Gasteiger partial charge in [0.05, 0.1) is 9.79 Å². The molecule has 4 nitrogen and oxygen atoms in total. The fraction of sp³-hybridized carbons (Fsp3) is 0.111. The Morgan fingerprint density at radius 3 is 1.52 bits per heavy atom. The van der Waals surface area contributed by atoms with Gasteiger partial charge in [0.2, 0.25) is 9.84 Å². The molecule has 0 saturated carbocycles. The second-order valence-corrected chi connectivity index (χ2v) is 6.89. The van der Waals surface area contributed by atoms with Gasteiger partial charge in [0.25, 0.3) is 0 Å². The van der Waals surface area contributed by atoms with E-state index in [4.69, 9.17) is 0 Å². The number of benzene rings is 2. The van der Waals surface area contributed by atoms with Gasteiger partial charge in [-0.2, -0.15) is 0 Å². The summed E-state index contributed by atoms with van der Waals surface area (Å²) in [6.07, 6.45) is 6.71. The maximum Gasteiger partial charge on any atom is 0.206 e. The highest BCUT2D eigenvalue weighted by molar-refractivity contribution is 7.91. The normalized spacial score (nSPS) is 12.3. The third-order valence-corrected chi connectivity index (χ3v) is 5.06. The summed E-state index contributed by atoms with van der Waals surface area (Å²) in [5.74, 6) is 0.0322. The van der Waals surface area contributed by atoms with Crippen LogP contribution in [0.4, 0.5) is 0 Å². The smallest absolute Gasteiger partial charge is 0.206 e. The summed E-state index contributed by atoms with van der Waals surface area (Å²) >= 11 is 0. The first-order chi connectivity index (χ1) is 10.9. The molecule has 0 amide bonds. The van der Waals surface area contributed by atoms with Gasteiger partial charge in [-0.05, 0) is 50.2 Å². The molecule has 2 N–H and O–H groups in total. The molecule has 0 spiro atoms. The van der Waals surface area contributed by atoms with E-state index in [-0.39, 0.29) is 21.3 Å². The van der Waals surface area contributed by atoms with E-state index < -0.39 is 9.84 Å². The lowest BCUT2D eigenvalue weighted by molar-refractivity contribution is 0.473. The third-order valence-electron chi connectivity index (χ3n) is 3.31. The first kappa shape index (κ1) is 16.8. The molecule has 0 atom stereocenters. The highest BCUT2D eigenvalue weighted by atomic mass is 32.2. The molecular weight excluding hydrogens is 312 g/mol. The SMILES string of the molecule is C/C=C\c1cc(S(=O)(=O)c2ccc(O)c(/C=C\C)c2)ccc1O. The van der Waals surface area contributed by atoms with Crippen molar-refractivity contribution >= 4 is 22.0 Å². The lowest BCUT2D eigenvalue weighted by Gasteiger charge is -2.09. The van der Waals surface area contributed by atoms with Crippen LogP contribution in [0.5, 0.6) is 11.5 Å². The van der Waals surface area contributed by atoms with E-state index in [1.54, 1.807) is 38.2 Å². The Morgan fingerprint density at radius 1 is 0.783 bits per heavy atom. The highest BCUT2D eigenvalue weighted by Gasteiger charge is 2.19. The van der Waals surface area contributed by atoms with Crippen molar-refractivity contribution in [3.05, 3.63) is 59.7 Å². The lowest BCUT2D eigenvalue weighted by atomic mass is 10.2. The van der Waals surface area contributed by atoms with Gasteiger partial charge in [0, 0.05) is 11.1 Å². The van der Waals surface area contributed by atoms with Crippen LogP contribution in [0.3, 0.4) is 0 Å². The highest BCUT2D eigenvalue weighted by Crippen LogP contribution is 2.29. The monoisotopic (exact) mass is 330 g/mol. The summed E-state index contributed by atoms with van der Waals surface area (Å²) < 4.78 is 25.5. The number of sulfone groups is 1. The first-order valence-electron chi connectivity index (χ1n) is 7.06. The van der Waals surface area contributed by atoms with E-state index in [1.807, 2.05) is 0 Å². The minimum Gasteiger partial charge on any atom is -0.507 e. The van der Waals surface area contributed by atoms with Crippen molar-refractivity contribution in [1.82, 2.24) is 0 Å². The Morgan fingerprint density at radius 2 is 1.17 bits per heavy atom. The molecule has 0 aliphatic heterocycles. The molecule has 0 aliphatic rings. The number of phenols is 2. The lowest BCUT2D eigenvalue weighted by Crippen LogP contribution is -2.02. The molecule has 2 aromatic carbocycles. The number of rotatable bonds is 4. The van der Waals surface area contributed by atoms with E-state index in [1.165, 1.54) is 36.4 Å². The number of phenolic OH excluding ortho intramolecular Hbond substituents is 2. The maximum atomic E-state index is 12.8. The maximum absolute atomic E-state index is 12.8. The number of allylic oxidation sites excluding steroid dienone is 2. The standard InChI is InChI=1S/C18H18O4S/c1-3-5-13-11-15(7-9-17(13)19)23(21,22)16-8-10-18(20)14(12-16)6-4-2/h3-12,19-20H,1-2H3/b5-3-,6-4-. The van der Waals surface area contributed by atoms with Crippen LogP contribution in [0.15, 0.2) is 58.3 Å². The van der Waals surface area contributed by atoms with E-state index in [0.29, 0.717) is 11.1 Å². The second-order valence-electron chi connectivity index (χ2n) is 4.94. The zero-order valence-electron chi connectivity index (χ0n) is 12.9. The quantitative estimate of drug-likeness (QED) is 0.888. The predicted octanol–water partition coefficient (Wildman–Crippen LogP) is 4.00. The Kier molecular flexibility index (Phi) is 4.91. The molecular formula is C18H18O4S. The van der Waals surface area contributed by atoms with Gasteiger partial charge >= 0.3 is 0 Å². The Labute approximate surface area is 136 Å². The van der Waals surface area contributed by atoms with Gasteiger partial charge in [0.15, 0.2) is 0 Å². The van der Waals surface area contributed by atoms with Gasteiger partial charge in [0.1, 0.15) is 11.5 Å². The summed E-state index contributed by atoms with van der Waals surface area (Å²) in [7, 11) is -3.74. The Balaban J connectivity index is 2.59. The molecule has 23 heavy (non-hydrogen) atoms. The molecule has 0 radical (unpaired) electrons. The van der Waals surface area contributed by atoms with E-state index in [9.17, 15) is 18.6 Å². The van der Waals surface area contributed by atoms with Crippen molar-refractivity contribution in [2.45, 2.75) is 23.6 Å². The summed E-state index contributed by atoms with van der Waals surface area (Å²) in [6, 6.07) is 8.28. The van der Waals surface area contributed by atoms with Gasteiger partial charge in [-0.25, -0.2) is 8.42 Å². The molecule has 0 heterocycles. The molecule has 2 aromatic rings. The van der Waals surface area contributed by atoms with Crippen LogP contribution >= 0.6 is 0 Å². The molecule has 0 aliphatic carbocycles. The van der Waals surface area contributed by atoms with Crippen molar-refractivity contribution in [2.75, 3.05) is 0 Å². The van der Waals surface area contributed by atoms with Crippen molar-refractivity contribution in [3.63, 3.8) is 0 Å². The van der Waals surface area contributed by atoms with Crippen LogP contribution in [0.25, 0.3) is 12.2 Å². The zero-order valence-corrected chi connectivity index (χ0v) is 13.7. The van der Waals surface area contributed by atoms with E-state index in [2.05, 4.69) is 0 Å². The van der Waals surface area contributed by atoms with Crippen molar-refractivity contribution in [3.8, 4) is 11.5 Å². The third kappa shape index (κ3) is 3.46. The molecule has 5 heteroatoms. The van der Waals surface area contributed by atoms with Gasteiger partial charge < -0.3 is 10.2 Å². The molecule has 0 aromatic heterocycles. The largest absolute Gasteiger partial charge is 0.507 e. The molecule has 0 fully saturated rings. The average Bonchev–Trinajstić information content (AvgIpc) is 2.51. The summed E-state index contributed by atoms with van der Waals surface area (Å²) in [5.41, 5.74) is 0.863. The van der Waals surface area contributed by atoms with Crippen molar-refractivity contribution in [1.29, 1.82) is 0 Å². The molecule has 0 saturated heterocycles. The number of hydrogen-bond donors (Lipinski definition) is 2. The Bertz CT molecular complexity index is 810. The summed E-state index contributed by atoms with van der Waals surface area (Å²) in [5, 5.41) is 19.5. The van der Waals surface area contributed by atoms with Crippen LogP contribution in [0.2, 0.25) is 0 Å². The number of aromatic hydroxyl groups is 2. The van der Waals surface area contributed by atoms with Crippen LogP contribution in [-0.4, -0.2) is 18.6 Å². The van der Waals surface area contributed by atoms with Crippen LogP contribution in [-0.2, 0) is 9.84 Å². The first-order valence-corrected chi connectivity index (χ1v) is 8.55. The minimum atomic E-state index is -3.74. The van der Waals surface area contributed by atoms with E-state index in [0.717, 1.165) is 0 Å². The van der Waals surface area contributed by atoms with Gasteiger partial charge in [-0.15, -0.1) is 0 Å². The summed E-state index contributed by atoms with van der Waals surface area (Å²) in [4.78, 5) is 0.168. The molecule has 0 bridgehead atoms. The summed E-state index contributed by atoms with van der Waals surface area (Å²) in [6.45, 7) is 3.56. The fourth-order valence-electron chi connectivity index (χ4n) is 2.16. The molecule has 0 unspecified atom stereocenters. The van der Waals surface area contributed by atoms with Crippen molar-refractivity contribution < 1.29 is 18.6 Å². The fourth-order valence-corrected chi connectivity index (χ4v) is 3.49. The minimum absolute atomic E-state index is 0.0161. The second kappa shape index (κ2) is 6.71. The predicted molar refractivity (Wildman–Crippen MR) is 91.1 cm³/mol.